The Bertz CT molecular complexity index is 543. The van der Waals surface area contributed by atoms with Gasteiger partial charge in [-0.2, -0.15) is 4.31 Å². The molecular weight excluding hydrogens is 352 g/mol. The van der Waals surface area contributed by atoms with Crippen molar-refractivity contribution in [2.45, 2.75) is 30.7 Å². The van der Waals surface area contributed by atoms with Gasteiger partial charge in [0.2, 0.25) is 10.0 Å². The second-order valence-corrected chi connectivity index (χ2v) is 7.33. The van der Waals surface area contributed by atoms with Crippen LogP contribution in [0.1, 0.15) is 18.4 Å². The number of nitrogens with zero attached hydrogens (tertiary/aromatic N) is 1. The van der Waals surface area contributed by atoms with Crippen LogP contribution in [-0.4, -0.2) is 31.9 Å². The van der Waals surface area contributed by atoms with E-state index in [4.69, 9.17) is 5.73 Å². The SMILES string of the molecule is Cc1cccc(S(=O)(=O)N2CCC(N)CC2)c1Br.Cl. The molecule has 0 spiro atoms. The maximum atomic E-state index is 12.5. The van der Waals surface area contributed by atoms with Crippen LogP contribution in [0, 0.1) is 6.92 Å². The Morgan fingerprint density at radius 3 is 2.47 bits per heavy atom. The van der Waals surface area contributed by atoms with Gasteiger partial charge in [0.25, 0.3) is 0 Å². The van der Waals surface area contributed by atoms with E-state index in [1.165, 1.54) is 4.31 Å². The molecule has 0 amide bonds. The number of hydrogen-bond donors (Lipinski definition) is 1. The summed E-state index contributed by atoms with van der Waals surface area (Å²) < 4.78 is 27.2. The molecule has 108 valence electrons. The Morgan fingerprint density at radius 1 is 1.32 bits per heavy atom. The number of benzene rings is 1. The zero-order valence-electron chi connectivity index (χ0n) is 10.7. The van der Waals surface area contributed by atoms with Gasteiger partial charge in [0.05, 0.1) is 4.90 Å². The van der Waals surface area contributed by atoms with Gasteiger partial charge in [-0.15, -0.1) is 12.4 Å². The zero-order valence-corrected chi connectivity index (χ0v) is 13.9. The number of halogens is 2. The van der Waals surface area contributed by atoms with Crippen molar-refractivity contribution in [3.05, 3.63) is 28.2 Å². The van der Waals surface area contributed by atoms with E-state index in [1.807, 2.05) is 13.0 Å². The zero-order chi connectivity index (χ0) is 13.3. The Labute approximate surface area is 128 Å². The number of nitrogens with two attached hydrogens (primary N) is 1. The lowest BCUT2D eigenvalue weighted by atomic mass is 10.1. The van der Waals surface area contributed by atoms with E-state index in [2.05, 4.69) is 15.9 Å². The van der Waals surface area contributed by atoms with Gasteiger partial charge < -0.3 is 5.73 Å². The predicted octanol–water partition coefficient (Wildman–Crippen LogP) is 2.29. The van der Waals surface area contributed by atoms with E-state index in [1.54, 1.807) is 12.1 Å². The van der Waals surface area contributed by atoms with Gasteiger partial charge in [-0.25, -0.2) is 8.42 Å². The van der Waals surface area contributed by atoms with E-state index in [9.17, 15) is 8.42 Å². The van der Waals surface area contributed by atoms with E-state index >= 15 is 0 Å². The van der Waals surface area contributed by atoms with Crippen molar-refractivity contribution in [1.82, 2.24) is 4.31 Å². The van der Waals surface area contributed by atoms with Crippen molar-refractivity contribution in [3.8, 4) is 0 Å². The maximum absolute atomic E-state index is 12.5. The summed E-state index contributed by atoms with van der Waals surface area (Å²) in [6.07, 6.45) is 1.45. The van der Waals surface area contributed by atoms with Crippen LogP contribution in [0.2, 0.25) is 0 Å². The molecule has 1 aromatic carbocycles. The molecule has 1 aliphatic rings. The van der Waals surface area contributed by atoms with Crippen molar-refractivity contribution >= 4 is 38.4 Å². The predicted molar refractivity (Wildman–Crippen MR) is 82.1 cm³/mol. The van der Waals surface area contributed by atoms with Gasteiger partial charge in [0, 0.05) is 23.6 Å². The average Bonchev–Trinajstić information content (AvgIpc) is 2.33. The van der Waals surface area contributed by atoms with Crippen molar-refractivity contribution in [2.24, 2.45) is 5.73 Å². The molecule has 2 rings (SSSR count). The number of hydrogen-bond acceptors (Lipinski definition) is 3. The smallest absolute Gasteiger partial charge is 0.244 e. The fourth-order valence-electron chi connectivity index (χ4n) is 2.07. The topological polar surface area (TPSA) is 63.4 Å². The molecule has 19 heavy (non-hydrogen) atoms. The summed E-state index contributed by atoms with van der Waals surface area (Å²) in [5.41, 5.74) is 6.72. The Morgan fingerprint density at radius 2 is 1.89 bits per heavy atom. The van der Waals surface area contributed by atoms with Crippen LogP contribution in [-0.2, 0) is 10.0 Å². The Hall–Kier alpha value is -0.140. The van der Waals surface area contributed by atoms with Crippen LogP contribution in [0.25, 0.3) is 0 Å². The molecule has 1 heterocycles. The minimum atomic E-state index is -3.41. The van der Waals surface area contributed by atoms with Crippen LogP contribution in [0.5, 0.6) is 0 Å². The number of piperidine rings is 1. The third-order valence-corrected chi connectivity index (χ3v) is 6.53. The molecule has 0 bridgehead atoms. The Balaban J connectivity index is 0.00000180. The van der Waals surface area contributed by atoms with E-state index in [0.717, 1.165) is 18.4 Å². The molecule has 1 fully saturated rings. The quantitative estimate of drug-likeness (QED) is 0.870. The standard InChI is InChI=1S/C12H17BrN2O2S.ClH/c1-9-3-2-4-11(12(9)13)18(16,17)15-7-5-10(14)6-8-15;/h2-4,10H,5-8,14H2,1H3;1H. The minimum Gasteiger partial charge on any atom is -0.328 e. The average molecular weight is 370 g/mol. The molecule has 1 aliphatic heterocycles. The third kappa shape index (κ3) is 3.49. The van der Waals surface area contributed by atoms with E-state index < -0.39 is 10.0 Å². The molecule has 7 heteroatoms. The first-order valence-electron chi connectivity index (χ1n) is 5.94. The summed E-state index contributed by atoms with van der Waals surface area (Å²) in [6.45, 7) is 2.89. The van der Waals surface area contributed by atoms with Gasteiger partial charge in [-0.1, -0.05) is 12.1 Å². The van der Waals surface area contributed by atoms with Crippen molar-refractivity contribution in [3.63, 3.8) is 0 Å². The van der Waals surface area contributed by atoms with E-state index in [0.29, 0.717) is 22.5 Å². The number of aryl methyl sites for hydroxylation is 1. The molecule has 0 aromatic heterocycles. The van der Waals surface area contributed by atoms with Crippen LogP contribution in [0.3, 0.4) is 0 Å². The van der Waals surface area contributed by atoms with Crippen LogP contribution < -0.4 is 5.73 Å². The van der Waals surface area contributed by atoms with Crippen molar-refractivity contribution < 1.29 is 8.42 Å². The normalized spacial score (nSPS) is 18.1. The lowest BCUT2D eigenvalue weighted by Crippen LogP contribution is -2.42. The molecule has 0 saturated carbocycles. The van der Waals surface area contributed by atoms with Crippen molar-refractivity contribution in [2.75, 3.05) is 13.1 Å². The lowest BCUT2D eigenvalue weighted by Gasteiger charge is -2.29. The summed E-state index contributed by atoms with van der Waals surface area (Å²) in [7, 11) is -3.41. The molecule has 1 aromatic rings. The highest BCUT2D eigenvalue weighted by atomic mass is 79.9. The number of rotatable bonds is 2. The highest BCUT2D eigenvalue weighted by Crippen LogP contribution is 2.29. The van der Waals surface area contributed by atoms with Gasteiger partial charge in [-0.3, -0.25) is 0 Å². The second kappa shape index (κ2) is 6.54. The number of sulfonamides is 1. The van der Waals surface area contributed by atoms with Crippen LogP contribution in [0.15, 0.2) is 27.6 Å². The highest BCUT2D eigenvalue weighted by molar-refractivity contribution is 9.10. The summed E-state index contributed by atoms with van der Waals surface area (Å²) in [5, 5.41) is 0. The lowest BCUT2D eigenvalue weighted by molar-refractivity contribution is 0.320. The molecule has 4 nitrogen and oxygen atoms in total. The molecule has 2 N–H and O–H groups in total. The van der Waals surface area contributed by atoms with Crippen LogP contribution >= 0.6 is 28.3 Å². The van der Waals surface area contributed by atoms with Gasteiger partial charge >= 0.3 is 0 Å². The Kier molecular flexibility index (Phi) is 5.82. The largest absolute Gasteiger partial charge is 0.328 e. The van der Waals surface area contributed by atoms with Gasteiger partial charge in [0.1, 0.15) is 0 Å². The molecular formula is C12H18BrClN2O2S. The van der Waals surface area contributed by atoms with Crippen LogP contribution in [0.4, 0.5) is 0 Å². The van der Waals surface area contributed by atoms with Gasteiger partial charge in [0.15, 0.2) is 0 Å². The second-order valence-electron chi connectivity index (χ2n) is 4.63. The minimum absolute atomic E-state index is 0. The molecule has 0 unspecified atom stereocenters. The summed E-state index contributed by atoms with van der Waals surface area (Å²) in [4.78, 5) is 0.345. The summed E-state index contributed by atoms with van der Waals surface area (Å²) >= 11 is 3.36. The first kappa shape index (κ1) is 16.9. The fraction of sp³-hybridized carbons (Fsp3) is 0.500. The fourth-order valence-corrected chi connectivity index (χ4v) is 4.56. The molecule has 1 saturated heterocycles. The van der Waals surface area contributed by atoms with Crippen molar-refractivity contribution in [1.29, 1.82) is 0 Å². The molecule has 0 radical (unpaired) electrons. The van der Waals surface area contributed by atoms with Gasteiger partial charge in [-0.05, 0) is 47.3 Å². The first-order valence-corrected chi connectivity index (χ1v) is 8.17. The maximum Gasteiger partial charge on any atom is 0.244 e. The molecule has 0 aliphatic carbocycles. The highest BCUT2D eigenvalue weighted by Gasteiger charge is 2.29. The first-order chi connectivity index (χ1) is 8.43. The van der Waals surface area contributed by atoms with E-state index in [-0.39, 0.29) is 18.4 Å². The molecule has 0 atom stereocenters. The third-order valence-electron chi connectivity index (χ3n) is 3.27. The monoisotopic (exact) mass is 368 g/mol. The summed E-state index contributed by atoms with van der Waals surface area (Å²) in [5.74, 6) is 0. The summed E-state index contributed by atoms with van der Waals surface area (Å²) in [6, 6.07) is 5.41.